The number of anilines is 1. The number of hydrogen-bond acceptors (Lipinski definition) is 2. The van der Waals surface area contributed by atoms with Gasteiger partial charge >= 0.3 is 6.03 Å². The monoisotopic (exact) mass is 234 g/mol. The molecule has 1 aromatic heterocycles. The highest BCUT2D eigenvalue weighted by Gasteiger charge is 2.17. The van der Waals surface area contributed by atoms with Gasteiger partial charge in [-0.05, 0) is 19.1 Å². The van der Waals surface area contributed by atoms with Crippen LogP contribution in [0.15, 0.2) is 30.3 Å². The van der Waals surface area contributed by atoms with E-state index in [0.717, 1.165) is 0 Å². The van der Waals surface area contributed by atoms with Crippen LogP contribution in [0, 0.1) is 12.7 Å². The van der Waals surface area contributed by atoms with E-state index in [1.165, 1.54) is 11.6 Å². The number of aryl methyl sites for hydroxylation is 1. The second-order valence-corrected chi connectivity index (χ2v) is 3.48. The number of amides is 2. The highest BCUT2D eigenvalue weighted by molar-refractivity contribution is 5.87. The van der Waals surface area contributed by atoms with Crippen molar-refractivity contribution in [1.82, 2.24) is 9.78 Å². The molecule has 88 valence electrons. The number of rotatable bonds is 2. The molecule has 3 N–H and O–H groups in total. The molecule has 5 nitrogen and oxygen atoms in total. The lowest BCUT2D eigenvalue weighted by Gasteiger charge is -2.06. The van der Waals surface area contributed by atoms with Crippen LogP contribution in [0.2, 0.25) is 0 Å². The molecule has 2 rings (SSSR count). The van der Waals surface area contributed by atoms with Crippen molar-refractivity contribution < 1.29 is 9.18 Å². The van der Waals surface area contributed by atoms with Gasteiger partial charge in [0.05, 0.1) is 11.4 Å². The van der Waals surface area contributed by atoms with Crippen LogP contribution in [0.5, 0.6) is 0 Å². The van der Waals surface area contributed by atoms with Crippen molar-refractivity contribution in [1.29, 1.82) is 0 Å². The predicted molar refractivity (Wildman–Crippen MR) is 61.5 cm³/mol. The fourth-order valence-electron chi connectivity index (χ4n) is 1.49. The Balaban J connectivity index is 2.54. The summed E-state index contributed by atoms with van der Waals surface area (Å²) >= 11 is 0. The van der Waals surface area contributed by atoms with E-state index in [1.54, 1.807) is 24.3 Å². The molecule has 0 spiro atoms. The topological polar surface area (TPSA) is 72.9 Å². The first-order chi connectivity index (χ1) is 8.09. The van der Waals surface area contributed by atoms with E-state index in [1.807, 2.05) is 6.07 Å². The minimum atomic E-state index is -0.832. The molecule has 1 heterocycles. The van der Waals surface area contributed by atoms with Gasteiger partial charge in [-0.3, -0.25) is 5.32 Å². The SMILES string of the molecule is Cc1nn(-c2ccccc2)c(NC(N)=O)c1F. The van der Waals surface area contributed by atoms with Gasteiger partial charge in [0.25, 0.3) is 0 Å². The molecule has 0 radical (unpaired) electrons. The number of carbonyl (C=O) groups is 1. The van der Waals surface area contributed by atoms with Crippen molar-refractivity contribution >= 4 is 11.8 Å². The lowest BCUT2D eigenvalue weighted by Crippen LogP contribution is -2.22. The first kappa shape index (κ1) is 11.1. The average Bonchev–Trinajstić information content (AvgIpc) is 2.58. The lowest BCUT2D eigenvalue weighted by molar-refractivity contribution is 0.259. The summed E-state index contributed by atoms with van der Waals surface area (Å²) in [7, 11) is 0. The lowest BCUT2D eigenvalue weighted by atomic mass is 10.3. The van der Waals surface area contributed by atoms with E-state index < -0.39 is 11.8 Å². The maximum Gasteiger partial charge on any atom is 0.317 e. The number of nitrogens with two attached hydrogens (primary N) is 1. The van der Waals surface area contributed by atoms with Crippen molar-refractivity contribution in [3.63, 3.8) is 0 Å². The fraction of sp³-hybridized carbons (Fsp3) is 0.0909. The predicted octanol–water partition coefficient (Wildman–Crippen LogP) is 1.81. The minimum absolute atomic E-state index is 0.0544. The molecule has 0 saturated heterocycles. The zero-order chi connectivity index (χ0) is 12.4. The first-order valence-corrected chi connectivity index (χ1v) is 4.96. The molecule has 2 aromatic rings. The second kappa shape index (κ2) is 4.25. The summed E-state index contributed by atoms with van der Waals surface area (Å²) in [5.74, 6) is -0.645. The van der Waals surface area contributed by atoms with Crippen molar-refractivity contribution in [3.8, 4) is 5.69 Å². The molecule has 0 aliphatic carbocycles. The standard InChI is InChI=1S/C11H11FN4O/c1-7-9(12)10(14-11(13)17)16(15-7)8-5-3-2-4-6-8/h2-6H,1H3,(H3,13,14,17). The van der Waals surface area contributed by atoms with Crippen LogP contribution >= 0.6 is 0 Å². The number of nitrogens with zero attached hydrogens (tertiary/aromatic N) is 2. The van der Waals surface area contributed by atoms with Crippen molar-refractivity contribution in [2.45, 2.75) is 6.92 Å². The van der Waals surface area contributed by atoms with Crippen molar-refractivity contribution in [2.24, 2.45) is 5.73 Å². The largest absolute Gasteiger partial charge is 0.351 e. The average molecular weight is 234 g/mol. The van der Waals surface area contributed by atoms with Crippen molar-refractivity contribution in [3.05, 3.63) is 41.8 Å². The molecule has 0 aliphatic heterocycles. The van der Waals surface area contributed by atoms with Gasteiger partial charge in [0, 0.05) is 0 Å². The molecule has 1 aromatic carbocycles. The zero-order valence-electron chi connectivity index (χ0n) is 9.14. The van der Waals surface area contributed by atoms with Crippen molar-refractivity contribution in [2.75, 3.05) is 5.32 Å². The van der Waals surface area contributed by atoms with Crippen LogP contribution in [0.3, 0.4) is 0 Å². The van der Waals surface area contributed by atoms with Crippen LogP contribution in [0.1, 0.15) is 5.69 Å². The molecule has 0 bridgehead atoms. The molecule has 0 atom stereocenters. The van der Waals surface area contributed by atoms with E-state index in [2.05, 4.69) is 10.4 Å². The summed E-state index contributed by atoms with van der Waals surface area (Å²) in [6, 6.07) is 8.07. The Morgan fingerprint density at radius 3 is 2.65 bits per heavy atom. The summed E-state index contributed by atoms with van der Waals surface area (Å²) < 4.78 is 15.0. The highest BCUT2D eigenvalue weighted by Crippen LogP contribution is 2.21. The van der Waals surface area contributed by atoms with Gasteiger partial charge in [0.15, 0.2) is 11.6 Å². The Morgan fingerprint density at radius 2 is 2.06 bits per heavy atom. The maximum absolute atomic E-state index is 13.7. The third-order valence-electron chi connectivity index (χ3n) is 2.23. The third-order valence-corrected chi connectivity index (χ3v) is 2.23. The molecule has 0 fully saturated rings. The molecule has 0 saturated carbocycles. The van der Waals surface area contributed by atoms with Gasteiger partial charge < -0.3 is 5.73 Å². The Bertz CT molecular complexity index is 550. The van der Waals surface area contributed by atoms with Gasteiger partial charge in [-0.25, -0.2) is 13.9 Å². The number of primary amides is 1. The van der Waals surface area contributed by atoms with Crippen LogP contribution in [-0.2, 0) is 0 Å². The van der Waals surface area contributed by atoms with Gasteiger partial charge in [0.2, 0.25) is 0 Å². The number of para-hydroxylation sites is 1. The zero-order valence-corrected chi connectivity index (χ0v) is 9.14. The van der Waals surface area contributed by atoms with E-state index >= 15 is 0 Å². The van der Waals surface area contributed by atoms with Crippen LogP contribution in [0.4, 0.5) is 15.0 Å². The number of aromatic nitrogens is 2. The Hall–Kier alpha value is -2.37. The molecule has 0 aliphatic rings. The quantitative estimate of drug-likeness (QED) is 0.831. The number of urea groups is 1. The summed E-state index contributed by atoms with van der Waals surface area (Å²) in [6.45, 7) is 1.51. The summed E-state index contributed by atoms with van der Waals surface area (Å²) in [6.07, 6.45) is 0. The fourth-order valence-corrected chi connectivity index (χ4v) is 1.49. The van der Waals surface area contributed by atoms with Crippen LogP contribution in [0.25, 0.3) is 5.69 Å². The number of carbonyl (C=O) groups excluding carboxylic acids is 1. The van der Waals surface area contributed by atoms with Gasteiger partial charge in [-0.1, -0.05) is 18.2 Å². The smallest absolute Gasteiger partial charge is 0.317 e. The van der Waals surface area contributed by atoms with E-state index in [9.17, 15) is 9.18 Å². The van der Waals surface area contributed by atoms with Gasteiger partial charge in [-0.15, -0.1) is 0 Å². The number of benzene rings is 1. The summed E-state index contributed by atoms with van der Waals surface area (Å²) in [5.41, 5.74) is 5.83. The minimum Gasteiger partial charge on any atom is -0.351 e. The second-order valence-electron chi connectivity index (χ2n) is 3.48. The maximum atomic E-state index is 13.7. The first-order valence-electron chi connectivity index (χ1n) is 4.96. The number of hydrogen-bond donors (Lipinski definition) is 2. The van der Waals surface area contributed by atoms with Gasteiger partial charge in [-0.2, -0.15) is 5.10 Å². The summed E-state index contributed by atoms with van der Waals surface area (Å²) in [4.78, 5) is 10.8. The molecule has 6 heteroatoms. The highest BCUT2D eigenvalue weighted by atomic mass is 19.1. The molecule has 17 heavy (non-hydrogen) atoms. The molecule has 0 unspecified atom stereocenters. The van der Waals surface area contributed by atoms with E-state index in [4.69, 9.17) is 5.73 Å². The van der Waals surface area contributed by atoms with Gasteiger partial charge in [0.1, 0.15) is 0 Å². The number of halogens is 1. The third kappa shape index (κ3) is 2.10. The van der Waals surface area contributed by atoms with Crippen LogP contribution < -0.4 is 11.1 Å². The normalized spacial score (nSPS) is 10.2. The van der Waals surface area contributed by atoms with E-state index in [-0.39, 0.29) is 11.5 Å². The van der Waals surface area contributed by atoms with Crippen LogP contribution in [-0.4, -0.2) is 15.8 Å². The summed E-state index contributed by atoms with van der Waals surface area (Å²) in [5, 5.41) is 6.23. The molecular weight excluding hydrogens is 223 g/mol. The number of nitrogens with one attached hydrogen (secondary N) is 1. The van der Waals surface area contributed by atoms with E-state index in [0.29, 0.717) is 5.69 Å². The molecular formula is C11H11FN4O. The Kier molecular flexibility index (Phi) is 2.78. The Labute approximate surface area is 97.0 Å². The molecule has 2 amide bonds. The Morgan fingerprint density at radius 1 is 1.41 bits per heavy atom.